The Morgan fingerprint density at radius 1 is 1.03 bits per heavy atom. The summed E-state index contributed by atoms with van der Waals surface area (Å²) < 4.78 is 50.7. The second-order valence-electron chi connectivity index (χ2n) is 8.10. The second-order valence-corrected chi connectivity index (χ2v) is 8.10. The van der Waals surface area contributed by atoms with E-state index in [1.165, 1.54) is 24.4 Å². The van der Waals surface area contributed by atoms with Gasteiger partial charge in [-0.15, -0.1) is 0 Å². The van der Waals surface area contributed by atoms with Crippen molar-refractivity contribution in [3.8, 4) is 17.2 Å². The number of aromatic carboxylic acids is 1. The molecule has 3 rings (SSSR count). The molecule has 0 aliphatic heterocycles. The van der Waals surface area contributed by atoms with E-state index in [1.54, 1.807) is 24.3 Å². The van der Waals surface area contributed by atoms with Gasteiger partial charge < -0.3 is 30.1 Å². The van der Waals surface area contributed by atoms with Crippen LogP contribution in [0.25, 0.3) is 0 Å². The summed E-state index contributed by atoms with van der Waals surface area (Å²) in [5.74, 6) is -0.335. The van der Waals surface area contributed by atoms with Gasteiger partial charge >= 0.3 is 18.2 Å². The number of rotatable bonds is 10. The zero-order valence-electron chi connectivity index (χ0n) is 20.0. The van der Waals surface area contributed by atoms with Crippen molar-refractivity contribution in [1.29, 1.82) is 0 Å². The lowest BCUT2D eigenvalue weighted by Gasteiger charge is -2.17. The number of carboxylic acids is 1. The smallest absolute Gasteiger partial charge is 0.416 e. The maximum atomic E-state index is 13.2. The Hall–Kier alpha value is -4.32. The zero-order chi connectivity index (χ0) is 27.0. The van der Waals surface area contributed by atoms with Crippen LogP contribution in [0.3, 0.4) is 0 Å². The zero-order valence-corrected chi connectivity index (χ0v) is 20.0. The average molecular weight is 518 g/mol. The van der Waals surface area contributed by atoms with Gasteiger partial charge in [0.1, 0.15) is 23.9 Å². The van der Waals surface area contributed by atoms with Gasteiger partial charge in [-0.25, -0.2) is 14.6 Å². The predicted octanol–water partition coefficient (Wildman–Crippen LogP) is 4.85. The number of anilines is 1. The average Bonchev–Trinajstić information content (AvgIpc) is 2.84. The minimum atomic E-state index is -4.58. The molecule has 1 aromatic heterocycles. The number of carbonyl (C=O) groups excluding carboxylic acids is 1. The van der Waals surface area contributed by atoms with Crippen molar-refractivity contribution in [2.45, 2.75) is 12.7 Å². The monoisotopic (exact) mass is 518 g/mol. The highest BCUT2D eigenvalue weighted by atomic mass is 19.4. The van der Waals surface area contributed by atoms with Gasteiger partial charge in [-0.05, 0) is 56.1 Å². The number of benzene rings is 2. The first-order chi connectivity index (χ1) is 17.5. The number of aromatic nitrogens is 1. The van der Waals surface area contributed by atoms with Crippen molar-refractivity contribution in [3.05, 3.63) is 77.6 Å². The fourth-order valence-electron chi connectivity index (χ4n) is 3.02. The van der Waals surface area contributed by atoms with Crippen LogP contribution in [0.1, 0.15) is 21.6 Å². The minimum Gasteiger partial charge on any atom is -0.490 e. The number of amides is 2. The van der Waals surface area contributed by atoms with Crippen molar-refractivity contribution in [1.82, 2.24) is 15.2 Å². The Balaban J connectivity index is 1.61. The molecular weight excluding hydrogens is 493 g/mol. The van der Waals surface area contributed by atoms with E-state index < -0.39 is 23.7 Å². The molecule has 0 atom stereocenters. The molecule has 12 heteroatoms. The van der Waals surface area contributed by atoms with Crippen LogP contribution in [-0.4, -0.2) is 54.2 Å². The predicted molar refractivity (Wildman–Crippen MR) is 129 cm³/mol. The third kappa shape index (κ3) is 8.39. The summed E-state index contributed by atoms with van der Waals surface area (Å²) in [6.45, 7) is 0.842. The van der Waals surface area contributed by atoms with Crippen molar-refractivity contribution >= 4 is 17.7 Å². The number of pyridine rings is 1. The first-order valence-corrected chi connectivity index (χ1v) is 11.0. The largest absolute Gasteiger partial charge is 0.490 e. The van der Waals surface area contributed by atoms with Crippen LogP contribution in [0, 0.1) is 0 Å². The molecule has 196 valence electrons. The molecule has 0 spiro atoms. The van der Waals surface area contributed by atoms with E-state index in [0.29, 0.717) is 23.6 Å². The summed E-state index contributed by atoms with van der Waals surface area (Å²) in [5.41, 5.74) is -0.484. The van der Waals surface area contributed by atoms with Crippen LogP contribution in [0.5, 0.6) is 17.2 Å². The number of likely N-dealkylation sites (N-methyl/N-ethyl adjacent to an activating group) is 1. The van der Waals surface area contributed by atoms with Gasteiger partial charge in [-0.2, -0.15) is 13.2 Å². The number of hydrogen-bond donors (Lipinski definition) is 3. The lowest BCUT2D eigenvalue weighted by Crippen LogP contribution is -2.28. The molecule has 0 radical (unpaired) electrons. The van der Waals surface area contributed by atoms with E-state index in [-0.39, 0.29) is 30.3 Å². The van der Waals surface area contributed by atoms with E-state index in [2.05, 4.69) is 15.6 Å². The van der Waals surface area contributed by atoms with E-state index in [4.69, 9.17) is 14.6 Å². The molecule has 3 aromatic rings. The number of urea groups is 1. The maximum absolute atomic E-state index is 13.2. The molecule has 0 aliphatic rings. The molecule has 0 fully saturated rings. The highest BCUT2D eigenvalue weighted by Gasteiger charge is 2.31. The molecule has 9 nitrogen and oxygen atoms in total. The van der Waals surface area contributed by atoms with Gasteiger partial charge in [0.15, 0.2) is 5.69 Å². The Bertz CT molecular complexity index is 1230. The summed E-state index contributed by atoms with van der Waals surface area (Å²) in [5, 5.41) is 14.0. The topological polar surface area (TPSA) is 113 Å². The SMILES string of the molecule is CN(C)CCOc1ccc(C(F)(F)F)cc1NC(=O)NCc1ccc(Oc2ccnc(C(=O)O)c2)cc1. The standard InChI is InChI=1S/C25H25F3N4O5/c1-32(2)11-12-36-22-8-5-17(25(26,27)28)13-20(22)31-24(35)30-15-16-3-6-18(7-4-16)37-19-9-10-29-21(14-19)23(33)34/h3-10,13-14H,11-12,15H2,1-2H3,(H,33,34)(H2,30,31,35). The normalized spacial score (nSPS) is 11.2. The first kappa shape index (κ1) is 27.3. The molecule has 37 heavy (non-hydrogen) atoms. The quantitative estimate of drug-likeness (QED) is 0.352. The van der Waals surface area contributed by atoms with E-state index in [1.807, 2.05) is 19.0 Å². The van der Waals surface area contributed by atoms with Crippen LogP contribution in [0.4, 0.5) is 23.7 Å². The summed E-state index contributed by atoms with van der Waals surface area (Å²) in [6, 6.07) is 11.6. The Morgan fingerprint density at radius 3 is 2.41 bits per heavy atom. The third-order valence-corrected chi connectivity index (χ3v) is 4.91. The number of carboxylic acid groups (broad SMARTS) is 1. The number of carbonyl (C=O) groups is 2. The number of alkyl halides is 3. The van der Waals surface area contributed by atoms with Crippen molar-refractivity contribution in [2.24, 2.45) is 0 Å². The first-order valence-electron chi connectivity index (χ1n) is 11.0. The number of hydrogen-bond acceptors (Lipinski definition) is 6. The molecule has 3 N–H and O–H groups in total. The highest BCUT2D eigenvalue weighted by Crippen LogP contribution is 2.35. The number of nitrogens with one attached hydrogen (secondary N) is 2. The summed E-state index contributed by atoms with van der Waals surface area (Å²) in [6.07, 6.45) is -3.26. The van der Waals surface area contributed by atoms with Crippen molar-refractivity contribution in [3.63, 3.8) is 0 Å². The molecule has 0 saturated heterocycles. The van der Waals surface area contributed by atoms with Gasteiger partial charge in [0.25, 0.3) is 0 Å². The molecular formula is C25H25F3N4O5. The number of nitrogens with zero attached hydrogens (tertiary/aromatic N) is 2. The minimum absolute atomic E-state index is 0.0836. The number of halogens is 3. The van der Waals surface area contributed by atoms with Crippen LogP contribution < -0.4 is 20.1 Å². The molecule has 0 aliphatic carbocycles. The van der Waals surface area contributed by atoms with Gasteiger partial charge in [0.05, 0.1) is 11.3 Å². The summed E-state index contributed by atoms with van der Waals surface area (Å²) in [7, 11) is 3.66. The molecule has 0 unspecified atom stereocenters. The highest BCUT2D eigenvalue weighted by molar-refractivity contribution is 5.91. The van der Waals surface area contributed by atoms with E-state index >= 15 is 0 Å². The van der Waals surface area contributed by atoms with Gasteiger partial charge in [-0.1, -0.05) is 12.1 Å². The third-order valence-electron chi connectivity index (χ3n) is 4.91. The molecule has 0 bridgehead atoms. The van der Waals surface area contributed by atoms with Crippen LogP contribution in [0.15, 0.2) is 60.8 Å². The second kappa shape index (κ2) is 12.1. The lowest BCUT2D eigenvalue weighted by molar-refractivity contribution is -0.137. The lowest BCUT2D eigenvalue weighted by atomic mass is 10.1. The summed E-state index contributed by atoms with van der Waals surface area (Å²) in [4.78, 5) is 29.0. The Labute approximate surface area is 210 Å². The molecule has 2 amide bonds. The Kier molecular flexibility index (Phi) is 8.90. The van der Waals surface area contributed by atoms with E-state index in [9.17, 15) is 22.8 Å². The molecule has 1 heterocycles. The van der Waals surface area contributed by atoms with Crippen molar-refractivity contribution < 1.29 is 37.3 Å². The van der Waals surface area contributed by atoms with Gasteiger partial charge in [0, 0.05) is 25.4 Å². The van der Waals surface area contributed by atoms with Gasteiger partial charge in [-0.3, -0.25) is 0 Å². The molecule has 0 saturated carbocycles. The van der Waals surface area contributed by atoms with E-state index in [0.717, 1.165) is 12.1 Å². The van der Waals surface area contributed by atoms with Crippen molar-refractivity contribution in [2.75, 3.05) is 32.6 Å². The van der Waals surface area contributed by atoms with Crippen LogP contribution >= 0.6 is 0 Å². The number of ether oxygens (including phenoxy) is 2. The van der Waals surface area contributed by atoms with Gasteiger partial charge in [0.2, 0.25) is 0 Å². The Morgan fingerprint density at radius 2 is 1.76 bits per heavy atom. The fraction of sp³-hybridized carbons (Fsp3) is 0.240. The maximum Gasteiger partial charge on any atom is 0.416 e. The fourth-order valence-corrected chi connectivity index (χ4v) is 3.02. The van der Waals surface area contributed by atoms with Crippen LogP contribution in [-0.2, 0) is 12.7 Å². The molecule has 2 aromatic carbocycles. The van der Waals surface area contributed by atoms with Crippen LogP contribution in [0.2, 0.25) is 0 Å². The summed E-state index contributed by atoms with van der Waals surface area (Å²) >= 11 is 0.